The smallest absolute Gasteiger partial charge is 0.232 e. The number of carbonyl (C=O) groups is 1. The average Bonchev–Trinajstić information content (AvgIpc) is 2.95. The van der Waals surface area contributed by atoms with Crippen molar-refractivity contribution in [1.29, 1.82) is 0 Å². The number of anilines is 1. The molecule has 1 amide bonds. The minimum atomic E-state index is -0.918. The summed E-state index contributed by atoms with van der Waals surface area (Å²) in [7, 11) is 0. The Labute approximate surface area is 148 Å². The van der Waals surface area contributed by atoms with Crippen molar-refractivity contribution < 1.29 is 9.53 Å². The Morgan fingerprint density at radius 1 is 1.43 bits per heavy atom. The van der Waals surface area contributed by atoms with Crippen LogP contribution in [0.5, 0.6) is 5.75 Å². The normalized spacial score (nSPS) is 18.5. The minimum Gasteiger partial charge on any atom is -0.494 e. The summed E-state index contributed by atoms with van der Waals surface area (Å²) in [6.45, 7) is 2.77. The van der Waals surface area contributed by atoms with Crippen LogP contribution >= 0.6 is 34.5 Å². The van der Waals surface area contributed by atoms with Gasteiger partial charge in [-0.2, -0.15) is 0 Å². The summed E-state index contributed by atoms with van der Waals surface area (Å²) < 4.78 is 4.64. The van der Waals surface area contributed by atoms with Gasteiger partial charge in [-0.3, -0.25) is 4.79 Å². The van der Waals surface area contributed by atoms with E-state index < -0.39 is 4.33 Å². The van der Waals surface area contributed by atoms with Crippen molar-refractivity contribution in [2.24, 2.45) is 5.92 Å². The third-order valence-corrected chi connectivity index (χ3v) is 5.09. The maximum Gasteiger partial charge on any atom is 0.232 e. The Balaban J connectivity index is 1.63. The molecule has 1 aliphatic carbocycles. The molecule has 1 saturated carbocycles. The standard InChI is InChI=1S/C16H16Cl2N2O2S/c1-2-7-22-11-5-3-10(4-6-11)13-9-23-15(19-13)20-14(21)12-8-16(12,17)18/h3-6,9,12H,2,7-8H2,1H3,(H,19,20,21)/t12-/m1/s1. The van der Waals surface area contributed by atoms with E-state index in [1.54, 1.807) is 0 Å². The van der Waals surface area contributed by atoms with E-state index in [4.69, 9.17) is 27.9 Å². The minimum absolute atomic E-state index is 0.181. The topological polar surface area (TPSA) is 51.2 Å². The predicted molar refractivity (Wildman–Crippen MR) is 94.5 cm³/mol. The van der Waals surface area contributed by atoms with Gasteiger partial charge in [0.05, 0.1) is 18.2 Å². The zero-order valence-corrected chi connectivity index (χ0v) is 14.8. The average molecular weight is 371 g/mol. The molecule has 0 radical (unpaired) electrons. The number of benzene rings is 1. The highest BCUT2D eigenvalue weighted by Gasteiger charge is 2.56. The Kier molecular flexibility index (Phi) is 4.80. The number of hydrogen-bond donors (Lipinski definition) is 1. The van der Waals surface area contributed by atoms with Crippen LogP contribution in [0.2, 0.25) is 0 Å². The fourth-order valence-corrected chi connectivity index (χ4v) is 3.33. The van der Waals surface area contributed by atoms with Crippen molar-refractivity contribution in [3.8, 4) is 17.0 Å². The van der Waals surface area contributed by atoms with Crippen molar-refractivity contribution >= 4 is 45.6 Å². The molecule has 23 heavy (non-hydrogen) atoms. The lowest BCUT2D eigenvalue weighted by Crippen LogP contribution is -2.16. The van der Waals surface area contributed by atoms with Gasteiger partial charge in [0.1, 0.15) is 10.1 Å². The zero-order valence-electron chi connectivity index (χ0n) is 12.5. The highest BCUT2D eigenvalue weighted by molar-refractivity contribution is 7.14. The highest BCUT2D eigenvalue weighted by atomic mass is 35.5. The van der Waals surface area contributed by atoms with Crippen molar-refractivity contribution in [1.82, 2.24) is 4.98 Å². The molecule has 122 valence electrons. The summed E-state index contributed by atoms with van der Waals surface area (Å²) >= 11 is 13.2. The second-order valence-electron chi connectivity index (χ2n) is 5.42. The van der Waals surface area contributed by atoms with Crippen LogP contribution < -0.4 is 10.1 Å². The van der Waals surface area contributed by atoms with Gasteiger partial charge in [-0.05, 0) is 37.1 Å². The molecule has 4 nitrogen and oxygen atoms in total. The third-order valence-electron chi connectivity index (χ3n) is 3.50. The van der Waals surface area contributed by atoms with Gasteiger partial charge < -0.3 is 10.1 Å². The number of carbonyl (C=O) groups excluding carboxylic acids is 1. The van der Waals surface area contributed by atoms with Gasteiger partial charge in [0.15, 0.2) is 5.13 Å². The van der Waals surface area contributed by atoms with E-state index >= 15 is 0 Å². The first kappa shape index (κ1) is 16.6. The number of nitrogens with zero attached hydrogens (tertiary/aromatic N) is 1. The van der Waals surface area contributed by atoms with Crippen LogP contribution in [0.3, 0.4) is 0 Å². The monoisotopic (exact) mass is 370 g/mol. The molecule has 0 saturated heterocycles. The molecule has 0 spiro atoms. The molecule has 1 aromatic carbocycles. The largest absolute Gasteiger partial charge is 0.494 e. The number of halogens is 2. The van der Waals surface area contributed by atoms with Crippen LogP contribution in [-0.2, 0) is 4.79 Å². The van der Waals surface area contributed by atoms with E-state index in [1.807, 2.05) is 29.6 Å². The van der Waals surface area contributed by atoms with E-state index in [9.17, 15) is 4.79 Å². The third kappa shape index (κ3) is 3.97. The molecule has 1 heterocycles. The molecule has 0 aliphatic heterocycles. The molecule has 0 unspecified atom stereocenters. The summed E-state index contributed by atoms with van der Waals surface area (Å²) in [5.74, 6) is 0.307. The lowest BCUT2D eigenvalue weighted by molar-refractivity contribution is -0.117. The fraction of sp³-hybridized carbons (Fsp3) is 0.375. The highest BCUT2D eigenvalue weighted by Crippen LogP contribution is 2.53. The quantitative estimate of drug-likeness (QED) is 0.747. The SMILES string of the molecule is CCCOc1ccc(-c2csc(NC(=O)[C@H]3CC3(Cl)Cl)n2)cc1. The van der Waals surface area contributed by atoms with E-state index in [0.717, 1.165) is 23.4 Å². The second kappa shape index (κ2) is 6.67. The predicted octanol–water partition coefficient (Wildman–Crippen LogP) is 4.73. The Hall–Kier alpha value is -1.30. The summed E-state index contributed by atoms with van der Waals surface area (Å²) in [4.78, 5) is 16.4. The van der Waals surface area contributed by atoms with Gasteiger partial charge in [-0.15, -0.1) is 34.5 Å². The number of ether oxygens (including phenoxy) is 1. The number of alkyl halides is 2. The first-order chi connectivity index (χ1) is 11.0. The van der Waals surface area contributed by atoms with Crippen LogP contribution in [0, 0.1) is 5.92 Å². The van der Waals surface area contributed by atoms with Gasteiger partial charge in [0.2, 0.25) is 5.91 Å². The van der Waals surface area contributed by atoms with Crippen molar-refractivity contribution in [2.75, 3.05) is 11.9 Å². The summed E-state index contributed by atoms with van der Waals surface area (Å²) in [5.41, 5.74) is 1.78. The van der Waals surface area contributed by atoms with Crippen LogP contribution in [0.25, 0.3) is 11.3 Å². The van der Waals surface area contributed by atoms with Crippen LogP contribution in [-0.4, -0.2) is 21.8 Å². The fourth-order valence-electron chi connectivity index (χ4n) is 2.10. The second-order valence-corrected chi connectivity index (χ2v) is 7.82. The summed E-state index contributed by atoms with van der Waals surface area (Å²) in [6, 6.07) is 7.74. The zero-order chi connectivity index (χ0) is 16.4. The van der Waals surface area contributed by atoms with Crippen LogP contribution in [0.15, 0.2) is 29.6 Å². The number of hydrogen-bond acceptors (Lipinski definition) is 4. The number of rotatable bonds is 6. The number of amides is 1. The molecular formula is C16H16Cl2N2O2S. The Bertz CT molecular complexity index is 700. The molecule has 1 N–H and O–H groups in total. The number of nitrogens with one attached hydrogen (secondary N) is 1. The van der Waals surface area contributed by atoms with E-state index in [-0.39, 0.29) is 11.8 Å². The maximum absolute atomic E-state index is 12.0. The molecule has 1 fully saturated rings. The van der Waals surface area contributed by atoms with Gasteiger partial charge in [-0.1, -0.05) is 6.92 Å². The van der Waals surface area contributed by atoms with E-state index in [1.165, 1.54) is 11.3 Å². The Morgan fingerprint density at radius 2 is 2.13 bits per heavy atom. The maximum atomic E-state index is 12.0. The van der Waals surface area contributed by atoms with Crippen LogP contribution in [0.1, 0.15) is 19.8 Å². The molecule has 3 rings (SSSR count). The van der Waals surface area contributed by atoms with Gasteiger partial charge >= 0.3 is 0 Å². The molecule has 1 aliphatic rings. The van der Waals surface area contributed by atoms with Gasteiger partial charge in [-0.25, -0.2) is 4.98 Å². The molecule has 1 aromatic heterocycles. The number of thiazole rings is 1. The molecule has 2 aromatic rings. The van der Waals surface area contributed by atoms with E-state index in [2.05, 4.69) is 17.2 Å². The van der Waals surface area contributed by atoms with Crippen molar-refractivity contribution in [3.63, 3.8) is 0 Å². The molecule has 7 heteroatoms. The molecule has 1 atom stereocenters. The van der Waals surface area contributed by atoms with E-state index in [0.29, 0.717) is 18.2 Å². The van der Waals surface area contributed by atoms with Crippen molar-refractivity contribution in [3.05, 3.63) is 29.6 Å². The van der Waals surface area contributed by atoms with Gasteiger partial charge in [0, 0.05) is 10.9 Å². The number of aromatic nitrogens is 1. The first-order valence-electron chi connectivity index (χ1n) is 7.37. The molecular weight excluding hydrogens is 355 g/mol. The molecule has 0 bridgehead atoms. The Morgan fingerprint density at radius 3 is 2.74 bits per heavy atom. The lowest BCUT2D eigenvalue weighted by atomic mass is 10.2. The van der Waals surface area contributed by atoms with Gasteiger partial charge in [0.25, 0.3) is 0 Å². The van der Waals surface area contributed by atoms with Crippen molar-refractivity contribution in [2.45, 2.75) is 24.1 Å². The summed E-state index contributed by atoms with van der Waals surface area (Å²) in [5, 5.41) is 5.21. The summed E-state index contributed by atoms with van der Waals surface area (Å²) in [6.07, 6.45) is 1.46. The van der Waals surface area contributed by atoms with Crippen LogP contribution in [0.4, 0.5) is 5.13 Å². The lowest BCUT2D eigenvalue weighted by Gasteiger charge is -2.04. The first-order valence-corrected chi connectivity index (χ1v) is 9.00.